The minimum atomic E-state index is -4.51. The summed E-state index contributed by atoms with van der Waals surface area (Å²) in [5.74, 6) is -0.0916. The second kappa shape index (κ2) is 7.74. The van der Waals surface area contributed by atoms with Crippen LogP contribution in [0.4, 0.5) is 10.5 Å². The maximum atomic E-state index is 13.9. The van der Waals surface area contributed by atoms with E-state index < -0.39 is 44.8 Å². The second-order valence-electron chi connectivity index (χ2n) is 9.34. The number of rotatable bonds is 6. The van der Waals surface area contributed by atoms with Crippen molar-refractivity contribution in [3.05, 3.63) is 34.4 Å². The van der Waals surface area contributed by atoms with Crippen molar-refractivity contribution in [3.63, 3.8) is 0 Å². The lowest BCUT2D eigenvalue weighted by molar-refractivity contribution is -0.384. The average Bonchev–Trinajstić information content (AvgIpc) is 3.33. The molecule has 11 nitrogen and oxygen atoms in total. The molecule has 1 aliphatic heterocycles. The summed E-state index contributed by atoms with van der Waals surface area (Å²) in [6.07, 6.45) is 0.304. The number of fused-ring (bicyclic) bond motifs is 2. The zero-order valence-electron chi connectivity index (χ0n) is 18.9. The van der Waals surface area contributed by atoms with Crippen molar-refractivity contribution < 1.29 is 32.4 Å². The Morgan fingerprint density at radius 3 is 2.06 bits per heavy atom. The molecule has 0 N–H and O–H groups in total. The van der Waals surface area contributed by atoms with Gasteiger partial charge in [0, 0.05) is 26.4 Å². The minimum Gasteiger partial charge on any atom is -0.356 e. The van der Waals surface area contributed by atoms with Crippen LogP contribution >= 0.6 is 0 Å². The molecule has 180 valence electrons. The highest BCUT2D eigenvalue weighted by Crippen LogP contribution is 2.66. The number of carbonyl (C=O) groups is 2. The third-order valence-electron chi connectivity index (χ3n) is 7.93. The number of hydrogen-bond donors (Lipinski definition) is 0. The number of non-ortho nitro benzene ring substituents is 1. The Labute approximate surface area is 191 Å². The molecule has 2 atom stereocenters. The maximum absolute atomic E-state index is 13.9. The van der Waals surface area contributed by atoms with Crippen LogP contribution in [0.3, 0.4) is 0 Å². The van der Waals surface area contributed by atoms with Crippen LogP contribution in [-0.2, 0) is 24.3 Å². The highest BCUT2D eigenvalue weighted by atomic mass is 32.2. The lowest BCUT2D eigenvalue weighted by atomic mass is 9.68. The quantitative estimate of drug-likeness (QED) is 0.447. The molecule has 0 spiro atoms. The third-order valence-corrected chi connectivity index (χ3v) is 9.68. The minimum absolute atomic E-state index is 0.296. The van der Waals surface area contributed by atoms with Gasteiger partial charge in [0.1, 0.15) is 0 Å². The van der Waals surface area contributed by atoms with E-state index in [0.29, 0.717) is 23.1 Å². The van der Waals surface area contributed by atoms with Crippen LogP contribution in [0.1, 0.15) is 39.5 Å². The van der Waals surface area contributed by atoms with Gasteiger partial charge in [0.15, 0.2) is 12.5 Å². The Morgan fingerprint density at radius 2 is 1.64 bits per heavy atom. The standard InChI is InChI=1S/C21H27N3O8S/c1-20(2)13-9-11-21(20,12-10-13)18(25)22-16(31-3)17(32-4)23(19(22)26)33(29,30)15-7-5-14(6-8-15)24(27)28/h5-8,13,16-17H,9-12H2,1-4H3/t13?,16-,17-,21?/m0/s1. The zero-order chi connectivity index (χ0) is 24.3. The van der Waals surface area contributed by atoms with Crippen LogP contribution in [0, 0.1) is 26.9 Å². The molecule has 4 rings (SSSR count). The summed E-state index contributed by atoms with van der Waals surface area (Å²) < 4.78 is 38.0. The van der Waals surface area contributed by atoms with Crippen molar-refractivity contribution >= 4 is 27.6 Å². The van der Waals surface area contributed by atoms with Gasteiger partial charge in [-0.15, -0.1) is 0 Å². The molecule has 2 bridgehead atoms. The zero-order valence-corrected chi connectivity index (χ0v) is 19.7. The van der Waals surface area contributed by atoms with E-state index in [0.717, 1.165) is 42.0 Å². The fourth-order valence-corrected chi connectivity index (χ4v) is 7.35. The first-order valence-electron chi connectivity index (χ1n) is 10.7. The van der Waals surface area contributed by atoms with E-state index in [1.807, 2.05) is 13.8 Å². The van der Waals surface area contributed by atoms with E-state index in [9.17, 15) is 28.1 Å². The third kappa shape index (κ3) is 3.11. The molecule has 2 saturated carbocycles. The predicted molar refractivity (Wildman–Crippen MR) is 114 cm³/mol. The van der Waals surface area contributed by atoms with Crippen molar-refractivity contribution in [2.45, 2.75) is 56.9 Å². The van der Waals surface area contributed by atoms with E-state index in [1.54, 1.807) is 0 Å². The van der Waals surface area contributed by atoms with Crippen molar-refractivity contribution in [2.24, 2.45) is 16.7 Å². The number of ether oxygens (including phenoxy) is 2. The first kappa shape index (κ1) is 23.6. The number of nitro benzene ring substituents is 1. The Kier molecular flexibility index (Phi) is 5.53. The lowest BCUT2D eigenvalue weighted by Gasteiger charge is -2.39. The molecule has 2 aliphatic carbocycles. The number of urea groups is 1. The Balaban J connectivity index is 1.74. The highest BCUT2D eigenvalue weighted by Gasteiger charge is 2.67. The molecule has 33 heavy (non-hydrogen) atoms. The summed E-state index contributed by atoms with van der Waals surface area (Å²) in [6, 6.07) is 3.09. The maximum Gasteiger partial charge on any atom is 0.345 e. The van der Waals surface area contributed by atoms with Gasteiger partial charge in [-0.05, 0) is 49.1 Å². The first-order valence-corrected chi connectivity index (χ1v) is 12.1. The summed E-state index contributed by atoms with van der Waals surface area (Å²) >= 11 is 0. The molecule has 1 heterocycles. The molecule has 3 fully saturated rings. The number of nitrogens with zero attached hydrogens (tertiary/aromatic N) is 3. The highest BCUT2D eigenvalue weighted by molar-refractivity contribution is 7.89. The topological polar surface area (TPSA) is 136 Å². The van der Waals surface area contributed by atoms with Gasteiger partial charge in [0.05, 0.1) is 15.2 Å². The van der Waals surface area contributed by atoms with Gasteiger partial charge < -0.3 is 9.47 Å². The Bertz CT molecular complexity index is 1090. The van der Waals surface area contributed by atoms with E-state index >= 15 is 0 Å². The normalized spacial score (nSPS) is 30.8. The fourth-order valence-electron chi connectivity index (χ4n) is 5.88. The molecule has 1 aromatic rings. The number of imide groups is 1. The molecular formula is C21H27N3O8S. The predicted octanol–water partition coefficient (Wildman–Crippen LogP) is 2.71. The fraction of sp³-hybridized carbons (Fsp3) is 0.619. The number of amides is 3. The molecule has 0 unspecified atom stereocenters. The summed E-state index contributed by atoms with van der Waals surface area (Å²) in [5.41, 5.74) is -1.42. The van der Waals surface area contributed by atoms with Crippen LogP contribution in [0.2, 0.25) is 0 Å². The van der Waals surface area contributed by atoms with Crippen molar-refractivity contribution in [1.29, 1.82) is 0 Å². The first-order chi connectivity index (χ1) is 15.4. The average molecular weight is 482 g/mol. The number of methoxy groups -OCH3 is 2. The van der Waals surface area contributed by atoms with Crippen molar-refractivity contribution in [3.8, 4) is 0 Å². The molecular weight excluding hydrogens is 454 g/mol. The number of benzene rings is 1. The number of carbonyl (C=O) groups excluding carboxylic acids is 2. The number of sulfonamides is 1. The van der Waals surface area contributed by atoms with E-state index in [1.165, 1.54) is 14.2 Å². The lowest BCUT2D eigenvalue weighted by Crippen LogP contribution is -2.52. The van der Waals surface area contributed by atoms with Gasteiger partial charge in [-0.3, -0.25) is 14.9 Å². The summed E-state index contributed by atoms with van der Waals surface area (Å²) in [4.78, 5) is 38.2. The van der Waals surface area contributed by atoms with Gasteiger partial charge in [0.25, 0.3) is 15.7 Å². The van der Waals surface area contributed by atoms with Crippen molar-refractivity contribution in [1.82, 2.24) is 9.21 Å². The molecule has 12 heteroatoms. The molecule has 1 aromatic carbocycles. The van der Waals surface area contributed by atoms with Gasteiger partial charge in [-0.2, -0.15) is 4.31 Å². The summed E-state index contributed by atoms with van der Waals surface area (Å²) in [5, 5.41) is 10.9. The summed E-state index contributed by atoms with van der Waals surface area (Å²) in [6.45, 7) is 4.05. The summed E-state index contributed by atoms with van der Waals surface area (Å²) in [7, 11) is -2.01. The Hall–Kier alpha value is -2.57. The van der Waals surface area contributed by atoms with Gasteiger partial charge in [0.2, 0.25) is 5.91 Å². The van der Waals surface area contributed by atoms with E-state index in [-0.39, 0.29) is 16.0 Å². The molecule has 1 saturated heterocycles. The largest absolute Gasteiger partial charge is 0.356 e. The molecule has 3 aliphatic rings. The molecule has 0 radical (unpaired) electrons. The van der Waals surface area contributed by atoms with Crippen molar-refractivity contribution in [2.75, 3.05) is 14.2 Å². The smallest absolute Gasteiger partial charge is 0.345 e. The van der Waals surface area contributed by atoms with Crippen LogP contribution in [0.25, 0.3) is 0 Å². The SMILES string of the molecule is CO[C@H]1[C@H](OC)N(S(=O)(=O)c2ccc([N+](=O)[O-])cc2)C(=O)N1C(=O)C12CCC(CC1)C2(C)C. The Morgan fingerprint density at radius 1 is 1.09 bits per heavy atom. The van der Waals surface area contributed by atoms with Crippen LogP contribution < -0.4 is 0 Å². The van der Waals surface area contributed by atoms with E-state index in [2.05, 4.69) is 0 Å². The molecule has 3 amide bonds. The second-order valence-corrected chi connectivity index (χ2v) is 11.2. The van der Waals surface area contributed by atoms with Crippen LogP contribution in [0.15, 0.2) is 29.2 Å². The molecule has 0 aromatic heterocycles. The number of hydrogen-bond acceptors (Lipinski definition) is 8. The van der Waals surface area contributed by atoms with Gasteiger partial charge >= 0.3 is 6.03 Å². The van der Waals surface area contributed by atoms with E-state index in [4.69, 9.17) is 9.47 Å². The van der Waals surface area contributed by atoms with Gasteiger partial charge in [-0.1, -0.05) is 13.8 Å². The van der Waals surface area contributed by atoms with Crippen LogP contribution in [0.5, 0.6) is 0 Å². The number of nitro groups is 1. The van der Waals surface area contributed by atoms with Crippen LogP contribution in [-0.4, -0.2) is 61.2 Å². The monoisotopic (exact) mass is 481 g/mol. The van der Waals surface area contributed by atoms with Gasteiger partial charge in [-0.25, -0.2) is 18.1 Å².